The molecule has 3 fully saturated rings. The number of likely N-dealkylation sites (tertiary alicyclic amines) is 1. The van der Waals surface area contributed by atoms with E-state index in [2.05, 4.69) is 0 Å². The van der Waals surface area contributed by atoms with Crippen molar-refractivity contribution in [1.82, 2.24) is 4.90 Å². The molecule has 1 spiro atoms. The average Bonchev–Trinajstić information content (AvgIpc) is 3.30. The lowest BCUT2D eigenvalue weighted by Gasteiger charge is -2.49. The Morgan fingerprint density at radius 3 is 2.68 bits per heavy atom. The Labute approximate surface area is 149 Å². The molecule has 2 saturated heterocycles. The SMILES string of the molecule is Cc1cccc(C(=O)N2CC3(C2)[C@@H](COCC2CC2)CCS3(=O)=O)c1. The molecular weight excluding hydrogens is 338 g/mol. The van der Waals surface area contributed by atoms with Crippen LogP contribution in [0.2, 0.25) is 0 Å². The molecule has 25 heavy (non-hydrogen) atoms. The normalized spacial score (nSPS) is 26.6. The van der Waals surface area contributed by atoms with Gasteiger partial charge in [0.2, 0.25) is 0 Å². The van der Waals surface area contributed by atoms with Crippen LogP contribution in [-0.2, 0) is 14.6 Å². The number of hydrogen-bond acceptors (Lipinski definition) is 4. The second-order valence-corrected chi connectivity index (χ2v) is 10.3. The van der Waals surface area contributed by atoms with Gasteiger partial charge in [0.1, 0.15) is 4.75 Å². The van der Waals surface area contributed by atoms with Gasteiger partial charge in [-0.1, -0.05) is 17.7 Å². The first-order valence-corrected chi connectivity index (χ1v) is 10.7. The number of hydrogen-bond donors (Lipinski definition) is 0. The smallest absolute Gasteiger partial charge is 0.253 e. The molecule has 2 heterocycles. The molecule has 0 radical (unpaired) electrons. The van der Waals surface area contributed by atoms with Crippen molar-refractivity contribution >= 4 is 15.7 Å². The number of carbonyl (C=O) groups excluding carboxylic acids is 1. The van der Waals surface area contributed by atoms with Crippen LogP contribution in [0.4, 0.5) is 0 Å². The molecule has 1 aliphatic carbocycles. The summed E-state index contributed by atoms with van der Waals surface area (Å²) in [5, 5.41) is 0. The van der Waals surface area contributed by atoms with Crippen LogP contribution < -0.4 is 0 Å². The second-order valence-electron chi connectivity index (χ2n) is 7.88. The van der Waals surface area contributed by atoms with E-state index in [0.717, 1.165) is 12.2 Å². The summed E-state index contributed by atoms with van der Waals surface area (Å²) in [6.45, 7) is 3.81. The number of ether oxygens (including phenoxy) is 1. The van der Waals surface area contributed by atoms with Crippen molar-refractivity contribution in [2.75, 3.05) is 32.1 Å². The predicted octanol–water partition coefficient (Wildman–Crippen LogP) is 2.05. The van der Waals surface area contributed by atoms with E-state index in [1.165, 1.54) is 12.8 Å². The van der Waals surface area contributed by atoms with Gasteiger partial charge < -0.3 is 9.64 Å². The fourth-order valence-electron chi connectivity index (χ4n) is 4.07. The Balaban J connectivity index is 1.44. The van der Waals surface area contributed by atoms with Crippen molar-refractivity contribution in [3.8, 4) is 0 Å². The topological polar surface area (TPSA) is 63.7 Å². The first-order chi connectivity index (χ1) is 11.9. The lowest BCUT2D eigenvalue weighted by Crippen LogP contribution is -2.68. The number of amides is 1. The molecule has 0 bridgehead atoms. The van der Waals surface area contributed by atoms with Crippen molar-refractivity contribution in [2.45, 2.75) is 30.9 Å². The van der Waals surface area contributed by atoms with Crippen molar-refractivity contribution in [2.24, 2.45) is 11.8 Å². The Morgan fingerprint density at radius 1 is 1.24 bits per heavy atom. The number of carbonyl (C=O) groups is 1. The second kappa shape index (κ2) is 6.09. The Bertz CT molecular complexity index is 778. The molecule has 1 aromatic carbocycles. The molecule has 1 aromatic rings. The standard InChI is InChI=1S/C19H25NO4S/c1-14-3-2-4-16(9-14)18(21)20-12-19(13-20)17(7-8-25(19,22)23)11-24-10-15-5-6-15/h2-4,9,15,17H,5-8,10-13H2,1H3/t17-/m1/s1. The number of sulfone groups is 1. The van der Waals surface area contributed by atoms with Crippen molar-refractivity contribution in [1.29, 1.82) is 0 Å². The third kappa shape index (κ3) is 2.99. The quantitative estimate of drug-likeness (QED) is 0.803. The van der Waals surface area contributed by atoms with Gasteiger partial charge in [-0.25, -0.2) is 8.42 Å². The molecule has 1 amide bonds. The van der Waals surface area contributed by atoms with Crippen LogP contribution in [0.25, 0.3) is 0 Å². The summed E-state index contributed by atoms with van der Waals surface area (Å²) in [7, 11) is -3.16. The predicted molar refractivity (Wildman–Crippen MR) is 95.3 cm³/mol. The van der Waals surface area contributed by atoms with E-state index in [4.69, 9.17) is 4.74 Å². The average molecular weight is 363 g/mol. The molecule has 2 aliphatic heterocycles. The third-order valence-corrected chi connectivity index (χ3v) is 8.54. The maximum atomic E-state index is 12.7. The zero-order valence-electron chi connectivity index (χ0n) is 14.6. The van der Waals surface area contributed by atoms with Gasteiger partial charge in [-0.3, -0.25) is 4.79 Å². The van der Waals surface area contributed by atoms with Crippen LogP contribution >= 0.6 is 0 Å². The molecule has 0 aromatic heterocycles. The number of nitrogens with zero attached hydrogens (tertiary/aromatic N) is 1. The number of rotatable bonds is 5. The maximum Gasteiger partial charge on any atom is 0.253 e. The minimum atomic E-state index is -3.16. The lowest BCUT2D eigenvalue weighted by molar-refractivity contribution is 0.0228. The van der Waals surface area contributed by atoms with Gasteiger partial charge in [0.25, 0.3) is 5.91 Å². The van der Waals surface area contributed by atoms with Crippen LogP contribution in [0.15, 0.2) is 24.3 Å². The summed E-state index contributed by atoms with van der Waals surface area (Å²) in [6.07, 6.45) is 3.11. The van der Waals surface area contributed by atoms with E-state index in [1.807, 2.05) is 25.1 Å². The highest BCUT2D eigenvalue weighted by atomic mass is 32.2. The summed E-state index contributed by atoms with van der Waals surface area (Å²) >= 11 is 0. The highest BCUT2D eigenvalue weighted by Gasteiger charge is 2.62. The molecule has 0 unspecified atom stereocenters. The van der Waals surface area contributed by atoms with E-state index in [0.29, 0.717) is 37.6 Å². The minimum Gasteiger partial charge on any atom is -0.381 e. The van der Waals surface area contributed by atoms with Crippen LogP contribution in [0.5, 0.6) is 0 Å². The maximum absolute atomic E-state index is 12.7. The Morgan fingerprint density at radius 2 is 2.00 bits per heavy atom. The van der Waals surface area contributed by atoms with Gasteiger partial charge in [0.05, 0.1) is 12.4 Å². The lowest BCUT2D eigenvalue weighted by atomic mass is 9.83. The first-order valence-electron chi connectivity index (χ1n) is 9.07. The molecule has 5 nitrogen and oxygen atoms in total. The summed E-state index contributed by atoms with van der Waals surface area (Å²) in [5.41, 5.74) is 1.66. The molecule has 1 atom stereocenters. The van der Waals surface area contributed by atoms with E-state index < -0.39 is 14.6 Å². The van der Waals surface area contributed by atoms with E-state index >= 15 is 0 Å². The van der Waals surface area contributed by atoms with Gasteiger partial charge in [-0.05, 0) is 44.2 Å². The monoisotopic (exact) mass is 363 g/mol. The van der Waals surface area contributed by atoms with Crippen LogP contribution in [0.1, 0.15) is 35.2 Å². The molecule has 4 rings (SSSR count). The van der Waals surface area contributed by atoms with Gasteiger partial charge in [-0.2, -0.15) is 0 Å². The summed E-state index contributed by atoms with van der Waals surface area (Å²) in [6, 6.07) is 7.45. The van der Waals surface area contributed by atoms with E-state index in [-0.39, 0.29) is 17.6 Å². The Hall–Kier alpha value is -1.40. The van der Waals surface area contributed by atoms with E-state index in [1.54, 1.807) is 11.0 Å². The number of benzene rings is 1. The minimum absolute atomic E-state index is 0.0119. The highest BCUT2D eigenvalue weighted by Crippen LogP contribution is 2.45. The zero-order chi connectivity index (χ0) is 17.7. The summed E-state index contributed by atoms with van der Waals surface area (Å²) < 4.78 is 30.3. The third-order valence-electron chi connectivity index (χ3n) is 5.94. The summed E-state index contributed by atoms with van der Waals surface area (Å²) in [4.78, 5) is 14.3. The molecule has 0 N–H and O–H groups in total. The Kier molecular flexibility index (Phi) is 4.15. The number of aryl methyl sites for hydroxylation is 1. The largest absolute Gasteiger partial charge is 0.381 e. The zero-order valence-corrected chi connectivity index (χ0v) is 15.4. The van der Waals surface area contributed by atoms with Gasteiger partial charge in [0, 0.05) is 31.2 Å². The van der Waals surface area contributed by atoms with Crippen molar-refractivity contribution in [3.63, 3.8) is 0 Å². The molecule has 136 valence electrons. The van der Waals surface area contributed by atoms with E-state index in [9.17, 15) is 13.2 Å². The van der Waals surface area contributed by atoms with Crippen molar-refractivity contribution < 1.29 is 17.9 Å². The van der Waals surface area contributed by atoms with Gasteiger partial charge in [0.15, 0.2) is 9.84 Å². The molecule has 6 heteroatoms. The molecule has 1 saturated carbocycles. The van der Waals surface area contributed by atoms with Gasteiger partial charge >= 0.3 is 0 Å². The fraction of sp³-hybridized carbons (Fsp3) is 0.632. The van der Waals surface area contributed by atoms with Crippen molar-refractivity contribution in [3.05, 3.63) is 35.4 Å². The van der Waals surface area contributed by atoms with Gasteiger partial charge in [-0.15, -0.1) is 0 Å². The van der Waals surface area contributed by atoms with Crippen LogP contribution in [0, 0.1) is 18.8 Å². The molecular formula is C19H25NO4S. The van der Waals surface area contributed by atoms with Crippen LogP contribution in [-0.4, -0.2) is 56.0 Å². The highest BCUT2D eigenvalue weighted by molar-refractivity contribution is 7.93. The summed E-state index contributed by atoms with van der Waals surface area (Å²) in [5.74, 6) is 0.832. The first kappa shape index (κ1) is 17.0. The fourth-order valence-corrected chi connectivity index (χ4v) is 6.47. The molecule has 3 aliphatic rings. The van der Waals surface area contributed by atoms with Crippen LogP contribution in [0.3, 0.4) is 0 Å².